The minimum atomic E-state index is -3.21. The van der Waals surface area contributed by atoms with Crippen molar-refractivity contribution in [2.24, 2.45) is 0 Å². The van der Waals surface area contributed by atoms with E-state index in [-0.39, 0.29) is 10.6 Å². The zero-order valence-electron chi connectivity index (χ0n) is 5.66. The molecule has 0 heterocycles. The van der Waals surface area contributed by atoms with E-state index in [9.17, 15) is 8.42 Å². The Hall–Kier alpha value is 0.180. The highest BCUT2D eigenvalue weighted by molar-refractivity contribution is 14.2. The lowest BCUT2D eigenvalue weighted by Gasteiger charge is -1.98. The summed E-state index contributed by atoms with van der Waals surface area (Å²) < 4.78 is 22.3. The molecule has 0 saturated heterocycles. The first-order valence-electron chi connectivity index (χ1n) is 2.84. The summed E-state index contributed by atoms with van der Waals surface area (Å²) in [6, 6.07) is 4.04. The van der Waals surface area contributed by atoms with Gasteiger partial charge in [-0.3, -0.25) is 0 Å². The molecule has 1 rings (SSSR count). The van der Waals surface area contributed by atoms with Crippen LogP contribution in [0.25, 0.3) is 0 Å². The molecule has 0 aliphatic heterocycles. The summed E-state index contributed by atoms with van der Waals surface area (Å²) in [7, 11) is -3.21. The van der Waals surface area contributed by atoms with Crippen LogP contribution in [0.5, 0.6) is 5.75 Å². The molecule has 0 aromatic heterocycles. The average molecular weight is 363 g/mol. The highest BCUT2D eigenvalue weighted by atomic mass is 127. The van der Waals surface area contributed by atoms with Crippen molar-refractivity contribution in [3.8, 4) is 5.75 Å². The van der Waals surface area contributed by atoms with Crippen LogP contribution in [-0.4, -0.2) is 13.5 Å². The number of rotatable bonds is 1. The van der Waals surface area contributed by atoms with Gasteiger partial charge in [-0.05, 0) is 34.1 Å². The van der Waals surface area contributed by atoms with Gasteiger partial charge in [0.05, 0.1) is 30.6 Å². The summed E-state index contributed by atoms with van der Waals surface area (Å²) in [5, 5.41) is 9.07. The van der Waals surface area contributed by atoms with Gasteiger partial charge in [0.25, 0.3) is 0 Å². The van der Waals surface area contributed by atoms with E-state index in [2.05, 4.69) is 15.9 Å². The van der Waals surface area contributed by atoms with Gasteiger partial charge in [-0.25, -0.2) is 8.42 Å². The number of phenols is 1. The molecule has 1 aromatic rings. The topological polar surface area (TPSA) is 54.4 Å². The van der Waals surface area contributed by atoms with E-state index >= 15 is 0 Å². The lowest BCUT2D eigenvalue weighted by atomic mass is 10.3. The second kappa shape index (κ2) is 3.51. The van der Waals surface area contributed by atoms with Crippen molar-refractivity contribution in [1.82, 2.24) is 0 Å². The first-order valence-corrected chi connectivity index (χ1v) is 7.66. The van der Waals surface area contributed by atoms with E-state index in [0.717, 1.165) is 0 Å². The Morgan fingerprint density at radius 3 is 2.42 bits per heavy atom. The standard InChI is InChI=1S/C6H4BrIO3S/c7-5-3-4(12(8,10)11)1-2-6(5)9/h1-3,9H. The molecule has 0 fully saturated rings. The van der Waals surface area contributed by atoms with Gasteiger partial charge in [-0.2, -0.15) is 0 Å². The maximum Gasteiger partial charge on any atom is 0.231 e. The summed E-state index contributed by atoms with van der Waals surface area (Å²) in [4.78, 5) is 0.174. The van der Waals surface area contributed by atoms with Crippen LogP contribution in [0.15, 0.2) is 27.6 Å². The second-order valence-corrected chi connectivity index (χ2v) is 7.73. The fourth-order valence-electron chi connectivity index (χ4n) is 0.639. The van der Waals surface area contributed by atoms with E-state index in [1.807, 2.05) is 0 Å². The zero-order chi connectivity index (χ0) is 9.35. The quantitative estimate of drug-likeness (QED) is 0.616. The summed E-state index contributed by atoms with van der Waals surface area (Å²) in [6.07, 6.45) is 0. The molecule has 0 amide bonds. The van der Waals surface area contributed by atoms with Crippen LogP contribution in [-0.2, 0) is 7.01 Å². The molecule has 0 atom stereocenters. The van der Waals surface area contributed by atoms with Crippen LogP contribution in [0.3, 0.4) is 0 Å². The van der Waals surface area contributed by atoms with E-state index in [1.165, 1.54) is 39.4 Å². The fourth-order valence-corrected chi connectivity index (χ4v) is 2.48. The van der Waals surface area contributed by atoms with Crippen LogP contribution in [0, 0.1) is 0 Å². The van der Waals surface area contributed by atoms with E-state index in [4.69, 9.17) is 5.11 Å². The third kappa shape index (κ3) is 2.33. The van der Waals surface area contributed by atoms with Crippen LogP contribution < -0.4 is 0 Å². The number of hydrogen-bond donors (Lipinski definition) is 1. The molecule has 0 bridgehead atoms. The third-order valence-electron chi connectivity index (χ3n) is 1.20. The van der Waals surface area contributed by atoms with Crippen molar-refractivity contribution in [2.75, 3.05) is 0 Å². The van der Waals surface area contributed by atoms with Gasteiger partial charge >= 0.3 is 0 Å². The number of benzene rings is 1. The SMILES string of the molecule is O=S(=O)(I)c1ccc(O)c(Br)c1. The Morgan fingerprint density at radius 2 is 2.00 bits per heavy atom. The number of halogens is 2. The Morgan fingerprint density at radius 1 is 1.42 bits per heavy atom. The number of phenolic OH excluding ortho intramolecular Hbond substituents is 1. The van der Waals surface area contributed by atoms with E-state index < -0.39 is 7.01 Å². The maximum atomic E-state index is 11.0. The average Bonchev–Trinajstić information content (AvgIpc) is 1.92. The molecule has 3 nitrogen and oxygen atoms in total. The van der Waals surface area contributed by atoms with E-state index in [0.29, 0.717) is 4.47 Å². The van der Waals surface area contributed by atoms with Gasteiger partial charge in [0, 0.05) is 0 Å². The molecular weight excluding hydrogens is 359 g/mol. The Balaban J connectivity index is 3.33. The summed E-state index contributed by atoms with van der Waals surface area (Å²) in [5.74, 6) is 0.0267. The van der Waals surface area contributed by atoms with E-state index in [1.54, 1.807) is 0 Å². The van der Waals surface area contributed by atoms with Gasteiger partial charge in [-0.1, -0.05) is 0 Å². The lowest BCUT2D eigenvalue weighted by molar-refractivity contribution is 0.471. The molecule has 0 spiro atoms. The maximum absolute atomic E-state index is 11.0. The Labute approximate surface area is 90.4 Å². The molecule has 66 valence electrons. The zero-order valence-corrected chi connectivity index (χ0v) is 10.2. The smallest absolute Gasteiger partial charge is 0.231 e. The van der Waals surface area contributed by atoms with Gasteiger partial charge < -0.3 is 5.11 Å². The molecule has 1 N–H and O–H groups in total. The summed E-state index contributed by atoms with van der Waals surface area (Å²) in [6.45, 7) is 0. The van der Waals surface area contributed by atoms with Crippen LogP contribution in [0.1, 0.15) is 0 Å². The van der Waals surface area contributed by atoms with Crippen molar-refractivity contribution >= 4 is 44.1 Å². The monoisotopic (exact) mass is 362 g/mol. The molecule has 12 heavy (non-hydrogen) atoms. The molecule has 0 unspecified atom stereocenters. The Kier molecular flexibility index (Phi) is 3.00. The molecule has 0 aliphatic carbocycles. The van der Waals surface area contributed by atoms with Crippen molar-refractivity contribution in [3.05, 3.63) is 22.7 Å². The van der Waals surface area contributed by atoms with Gasteiger partial charge in [-0.15, -0.1) is 0 Å². The first-order chi connectivity index (χ1) is 5.41. The largest absolute Gasteiger partial charge is 0.507 e. The van der Waals surface area contributed by atoms with Gasteiger partial charge in [0.1, 0.15) is 5.75 Å². The van der Waals surface area contributed by atoms with Gasteiger partial charge in [0.2, 0.25) is 7.01 Å². The number of aromatic hydroxyl groups is 1. The highest BCUT2D eigenvalue weighted by Gasteiger charge is 2.10. The predicted molar refractivity (Wildman–Crippen MR) is 57.0 cm³/mol. The third-order valence-corrected chi connectivity index (χ3v) is 4.18. The normalized spacial score (nSPS) is 11.5. The molecule has 0 radical (unpaired) electrons. The molecule has 0 saturated carbocycles. The highest BCUT2D eigenvalue weighted by Crippen LogP contribution is 2.28. The second-order valence-electron chi connectivity index (χ2n) is 2.05. The van der Waals surface area contributed by atoms with Crippen LogP contribution >= 0.6 is 37.1 Å². The van der Waals surface area contributed by atoms with Crippen molar-refractivity contribution in [3.63, 3.8) is 0 Å². The Bertz CT molecular complexity index is 401. The van der Waals surface area contributed by atoms with Crippen LogP contribution in [0.2, 0.25) is 0 Å². The molecular formula is C6H4BrIO3S. The predicted octanol–water partition coefficient (Wildman–Crippen LogP) is 2.28. The van der Waals surface area contributed by atoms with Crippen molar-refractivity contribution < 1.29 is 13.5 Å². The minimum Gasteiger partial charge on any atom is -0.507 e. The molecule has 1 aromatic carbocycles. The lowest BCUT2D eigenvalue weighted by Crippen LogP contribution is -1.88. The van der Waals surface area contributed by atoms with Crippen molar-refractivity contribution in [1.29, 1.82) is 0 Å². The van der Waals surface area contributed by atoms with Crippen LogP contribution in [0.4, 0.5) is 0 Å². The summed E-state index contributed by atoms with van der Waals surface area (Å²) >= 11 is 4.36. The molecule has 0 aliphatic rings. The number of hydrogen-bond acceptors (Lipinski definition) is 3. The summed E-state index contributed by atoms with van der Waals surface area (Å²) in [5.41, 5.74) is 0. The van der Waals surface area contributed by atoms with Gasteiger partial charge in [0.15, 0.2) is 0 Å². The minimum absolute atomic E-state index is 0.0267. The fraction of sp³-hybridized carbons (Fsp3) is 0. The van der Waals surface area contributed by atoms with Crippen molar-refractivity contribution in [2.45, 2.75) is 4.90 Å². The first kappa shape index (κ1) is 10.3. The molecule has 6 heteroatoms.